The highest BCUT2D eigenvalue weighted by Crippen LogP contribution is 2.18. The number of rotatable bonds is 5. The third kappa shape index (κ3) is 5.01. The fraction of sp³-hybridized carbons (Fsp3) is 0.857. The van der Waals surface area contributed by atoms with Crippen molar-refractivity contribution in [3.8, 4) is 0 Å². The van der Waals surface area contributed by atoms with E-state index in [4.69, 9.17) is 11.6 Å². The van der Waals surface area contributed by atoms with Crippen molar-refractivity contribution in [2.24, 2.45) is 5.92 Å². The Bertz CT molecular complexity index is 313. The minimum Gasteiger partial charge on any atom is -0.343 e. The zero-order chi connectivity index (χ0) is 14.4. The quantitative estimate of drug-likeness (QED) is 0.727. The molecule has 0 saturated carbocycles. The average Bonchev–Trinajstić information content (AvgIpc) is 2.38. The third-order valence-electron chi connectivity index (χ3n) is 3.73. The molecule has 110 valence electrons. The number of hydrogen-bond acceptors (Lipinski definition) is 2. The number of likely N-dealkylation sites (tertiary alicyclic amines) is 1. The number of nitrogens with zero attached hydrogens (tertiary/aromatic N) is 2. The van der Waals surface area contributed by atoms with Crippen LogP contribution < -0.4 is 0 Å². The smallest absolute Gasteiger partial charge is 0.237 e. The predicted molar refractivity (Wildman–Crippen MR) is 77.2 cm³/mol. The van der Waals surface area contributed by atoms with Crippen LogP contribution in [0.2, 0.25) is 0 Å². The number of carbonyl (C=O) groups excluding carboxylic acids is 2. The zero-order valence-electron chi connectivity index (χ0n) is 12.2. The molecule has 1 fully saturated rings. The van der Waals surface area contributed by atoms with Crippen molar-refractivity contribution < 1.29 is 9.59 Å². The van der Waals surface area contributed by atoms with Crippen LogP contribution in [0.15, 0.2) is 0 Å². The third-order valence-corrected chi connectivity index (χ3v) is 3.96. The van der Waals surface area contributed by atoms with Gasteiger partial charge in [-0.25, -0.2) is 0 Å². The summed E-state index contributed by atoms with van der Waals surface area (Å²) in [6.07, 6.45) is 2.72. The molecule has 0 aromatic rings. The van der Waals surface area contributed by atoms with Crippen LogP contribution in [0, 0.1) is 5.92 Å². The zero-order valence-corrected chi connectivity index (χ0v) is 12.9. The Morgan fingerprint density at radius 2 is 1.89 bits per heavy atom. The van der Waals surface area contributed by atoms with E-state index in [0.29, 0.717) is 5.92 Å². The van der Waals surface area contributed by atoms with Gasteiger partial charge in [0.25, 0.3) is 0 Å². The van der Waals surface area contributed by atoms with Crippen molar-refractivity contribution in [3.05, 3.63) is 0 Å². The second kappa shape index (κ2) is 7.73. The SMILES string of the molecule is CC(=O)N1CCC(N(CCC(C)C)C(=O)CCl)CC1. The molecule has 0 N–H and O–H groups in total. The lowest BCUT2D eigenvalue weighted by atomic mass is 10.0. The van der Waals surface area contributed by atoms with Crippen molar-refractivity contribution in [2.75, 3.05) is 25.5 Å². The topological polar surface area (TPSA) is 40.6 Å². The lowest BCUT2D eigenvalue weighted by Gasteiger charge is -2.38. The minimum absolute atomic E-state index is 0.0172. The normalized spacial score (nSPS) is 16.8. The van der Waals surface area contributed by atoms with Crippen molar-refractivity contribution in [2.45, 2.75) is 46.1 Å². The van der Waals surface area contributed by atoms with Gasteiger partial charge in [0.2, 0.25) is 11.8 Å². The summed E-state index contributed by atoms with van der Waals surface area (Å²) in [6, 6.07) is 0.237. The molecule has 2 amide bonds. The van der Waals surface area contributed by atoms with Gasteiger partial charge in [-0.05, 0) is 25.2 Å². The van der Waals surface area contributed by atoms with Gasteiger partial charge in [0.1, 0.15) is 5.88 Å². The summed E-state index contributed by atoms with van der Waals surface area (Å²) in [6.45, 7) is 8.17. The van der Waals surface area contributed by atoms with Gasteiger partial charge in [0.15, 0.2) is 0 Å². The summed E-state index contributed by atoms with van der Waals surface area (Å²) in [5, 5.41) is 0. The van der Waals surface area contributed by atoms with Crippen molar-refractivity contribution in [1.29, 1.82) is 0 Å². The van der Waals surface area contributed by atoms with Crippen LogP contribution in [0.1, 0.15) is 40.0 Å². The van der Waals surface area contributed by atoms with Crippen LogP contribution in [0.3, 0.4) is 0 Å². The fourth-order valence-corrected chi connectivity index (χ4v) is 2.63. The highest BCUT2D eigenvalue weighted by atomic mass is 35.5. The fourth-order valence-electron chi connectivity index (χ4n) is 2.48. The molecule has 1 rings (SSSR count). The molecule has 1 aliphatic rings. The number of hydrogen-bond donors (Lipinski definition) is 0. The first kappa shape index (κ1) is 16.3. The average molecular weight is 289 g/mol. The van der Waals surface area contributed by atoms with Gasteiger partial charge >= 0.3 is 0 Å². The number of halogens is 1. The molecule has 19 heavy (non-hydrogen) atoms. The van der Waals surface area contributed by atoms with Crippen LogP contribution in [-0.2, 0) is 9.59 Å². The largest absolute Gasteiger partial charge is 0.343 e. The molecule has 1 heterocycles. The molecule has 0 aromatic carbocycles. The number of carbonyl (C=O) groups is 2. The summed E-state index contributed by atoms with van der Waals surface area (Å²) in [5.74, 6) is 0.757. The maximum absolute atomic E-state index is 12.0. The standard InChI is InChI=1S/C14H25ClN2O2/c1-11(2)4-9-17(14(19)10-15)13-5-7-16(8-6-13)12(3)18/h11,13H,4-10H2,1-3H3. The molecule has 0 aliphatic carbocycles. The van der Waals surface area contributed by atoms with Crippen LogP contribution in [-0.4, -0.2) is 53.2 Å². The van der Waals surface area contributed by atoms with Crippen molar-refractivity contribution in [1.82, 2.24) is 9.80 Å². The van der Waals surface area contributed by atoms with Gasteiger partial charge in [0, 0.05) is 32.6 Å². The van der Waals surface area contributed by atoms with Crippen molar-refractivity contribution >= 4 is 23.4 Å². The number of piperidine rings is 1. The summed E-state index contributed by atoms with van der Waals surface area (Å²) in [5.41, 5.74) is 0. The first-order chi connectivity index (χ1) is 8.95. The summed E-state index contributed by atoms with van der Waals surface area (Å²) in [4.78, 5) is 27.0. The molecule has 0 bridgehead atoms. The van der Waals surface area contributed by atoms with E-state index < -0.39 is 0 Å². The Balaban J connectivity index is 2.56. The predicted octanol–water partition coefficient (Wildman–Crippen LogP) is 2.11. The Labute approximate surface area is 121 Å². The first-order valence-electron chi connectivity index (χ1n) is 7.06. The van der Waals surface area contributed by atoms with Crippen LogP contribution in [0.5, 0.6) is 0 Å². The van der Waals surface area contributed by atoms with E-state index in [1.165, 1.54) is 0 Å². The van der Waals surface area contributed by atoms with Crippen LogP contribution >= 0.6 is 11.6 Å². The summed E-state index contributed by atoms with van der Waals surface area (Å²) in [7, 11) is 0. The van der Waals surface area contributed by atoms with Gasteiger partial charge < -0.3 is 9.80 Å². The highest BCUT2D eigenvalue weighted by Gasteiger charge is 2.28. The lowest BCUT2D eigenvalue weighted by molar-refractivity contribution is -0.134. The summed E-state index contributed by atoms with van der Waals surface area (Å²) < 4.78 is 0. The molecular formula is C14H25ClN2O2. The van der Waals surface area contributed by atoms with E-state index in [1.54, 1.807) is 6.92 Å². The molecule has 5 heteroatoms. The van der Waals surface area contributed by atoms with Crippen LogP contribution in [0.25, 0.3) is 0 Å². The highest BCUT2D eigenvalue weighted by molar-refractivity contribution is 6.27. The minimum atomic E-state index is 0.0172. The maximum Gasteiger partial charge on any atom is 0.237 e. The van der Waals surface area contributed by atoms with Crippen LogP contribution in [0.4, 0.5) is 0 Å². The molecular weight excluding hydrogens is 264 g/mol. The van der Waals surface area contributed by atoms with E-state index >= 15 is 0 Å². The Kier molecular flexibility index (Phi) is 6.63. The summed E-state index contributed by atoms with van der Waals surface area (Å²) >= 11 is 5.70. The van der Waals surface area contributed by atoms with E-state index in [-0.39, 0.29) is 23.7 Å². The lowest BCUT2D eigenvalue weighted by Crippen LogP contribution is -2.49. The van der Waals surface area contributed by atoms with E-state index in [1.807, 2.05) is 9.80 Å². The maximum atomic E-state index is 12.0. The van der Waals surface area contributed by atoms with E-state index in [9.17, 15) is 9.59 Å². The molecule has 0 aromatic heterocycles. The molecule has 0 atom stereocenters. The van der Waals surface area contributed by atoms with Crippen molar-refractivity contribution in [3.63, 3.8) is 0 Å². The Hall–Kier alpha value is -0.770. The molecule has 0 unspecified atom stereocenters. The second-order valence-electron chi connectivity index (χ2n) is 5.64. The Morgan fingerprint density at radius 1 is 1.32 bits per heavy atom. The molecule has 0 spiro atoms. The van der Waals surface area contributed by atoms with Gasteiger partial charge in [0.05, 0.1) is 0 Å². The molecule has 1 aliphatic heterocycles. The molecule has 4 nitrogen and oxygen atoms in total. The molecule has 1 saturated heterocycles. The van der Waals surface area contributed by atoms with Gasteiger partial charge in [-0.1, -0.05) is 13.8 Å². The Morgan fingerprint density at radius 3 is 2.32 bits per heavy atom. The monoisotopic (exact) mass is 288 g/mol. The van der Waals surface area contributed by atoms with Gasteiger partial charge in [-0.3, -0.25) is 9.59 Å². The number of alkyl halides is 1. The van der Waals surface area contributed by atoms with E-state index in [0.717, 1.165) is 38.9 Å². The van der Waals surface area contributed by atoms with Gasteiger partial charge in [-0.15, -0.1) is 11.6 Å². The second-order valence-corrected chi connectivity index (χ2v) is 5.91. The number of amides is 2. The first-order valence-corrected chi connectivity index (χ1v) is 7.60. The van der Waals surface area contributed by atoms with Gasteiger partial charge in [-0.2, -0.15) is 0 Å². The van der Waals surface area contributed by atoms with E-state index in [2.05, 4.69) is 13.8 Å². The molecule has 0 radical (unpaired) electrons.